The Morgan fingerprint density at radius 3 is 2.65 bits per heavy atom. The summed E-state index contributed by atoms with van der Waals surface area (Å²) in [4.78, 5) is 0. The van der Waals surface area contributed by atoms with Gasteiger partial charge in [0.1, 0.15) is 11.6 Å². The molecule has 94 valence electrons. The summed E-state index contributed by atoms with van der Waals surface area (Å²) < 4.78 is 19.7. The molecule has 0 atom stereocenters. The maximum absolute atomic E-state index is 14.3. The van der Waals surface area contributed by atoms with Crippen molar-refractivity contribution in [3.8, 4) is 5.75 Å². The van der Waals surface area contributed by atoms with Crippen LogP contribution in [0.5, 0.6) is 5.75 Å². The predicted octanol–water partition coefficient (Wildman–Crippen LogP) is 2.60. The normalized spacial score (nSPS) is 14.5. The molecule has 0 amide bonds. The summed E-state index contributed by atoms with van der Waals surface area (Å²) in [5, 5.41) is 0. The van der Waals surface area contributed by atoms with Gasteiger partial charge in [0.05, 0.1) is 7.11 Å². The van der Waals surface area contributed by atoms with Gasteiger partial charge >= 0.3 is 0 Å². The zero-order valence-corrected chi connectivity index (χ0v) is 10.4. The molecule has 3 heteroatoms. The number of rotatable bonds is 4. The number of ether oxygens (including phenoxy) is 1. The fourth-order valence-corrected chi connectivity index (χ4v) is 2.58. The number of fused-ring (bicyclic) bond motifs is 1. The molecule has 2 nitrogen and oxygen atoms in total. The third-order valence-corrected chi connectivity index (χ3v) is 3.49. The summed E-state index contributed by atoms with van der Waals surface area (Å²) >= 11 is 0. The Hall–Kier alpha value is -1.09. The fourth-order valence-electron chi connectivity index (χ4n) is 2.58. The molecular weight excluding hydrogens is 217 g/mol. The average Bonchev–Trinajstić information content (AvgIpc) is 2.38. The lowest BCUT2D eigenvalue weighted by atomic mass is 9.88. The highest BCUT2D eigenvalue weighted by atomic mass is 19.1. The van der Waals surface area contributed by atoms with E-state index in [1.807, 2.05) is 6.07 Å². The van der Waals surface area contributed by atoms with Gasteiger partial charge in [-0.15, -0.1) is 0 Å². The van der Waals surface area contributed by atoms with Gasteiger partial charge in [0.15, 0.2) is 0 Å². The Morgan fingerprint density at radius 2 is 2.00 bits per heavy atom. The summed E-state index contributed by atoms with van der Waals surface area (Å²) in [6, 6.07) is 1.86. The lowest BCUT2D eigenvalue weighted by Crippen LogP contribution is -2.11. The van der Waals surface area contributed by atoms with E-state index in [2.05, 4.69) is 0 Å². The highest BCUT2D eigenvalue weighted by Gasteiger charge is 2.20. The van der Waals surface area contributed by atoms with E-state index < -0.39 is 0 Å². The maximum Gasteiger partial charge on any atom is 0.130 e. The third kappa shape index (κ3) is 2.44. The van der Waals surface area contributed by atoms with Crippen LogP contribution in [0.25, 0.3) is 0 Å². The van der Waals surface area contributed by atoms with E-state index in [0.29, 0.717) is 13.0 Å². The molecule has 2 rings (SSSR count). The van der Waals surface area contributed by atoms with Crippen molar-refractivity contribution < 1.29 is 9.13 Å². The van der Waals surface area contributed by atoms with Gasteiger partial charge in [-0.2, -0.15) is 0 Å². The molecular formula is C14H20FNO. The predicted molar refractivity (Wildman–Crippen MR) is 67.0 cm³/mol. The minimum atomic E-state index is -0.0195. The lowest BCUT2D eigenvalue weighted by Gasteiger charge is -2.21. The van der Waals surface area contributed by atoms with E-state index in [1.54, 1.807) is 7.11 Å². The Balaban J connectivity index is 2.41. The molecule has 0 aliphatic heterocycles. The zero-order chi connectivity index (χ0) is 12.3. The van der Waals surface area contributed by atoms with Crippen molar-refractivity contribution in [1.82, 2.24) is 0 Å². The van der Waals surface area contributed by atoms with Crippen molar-refractivity contribution in [3.05, 3.63) is 28.6 Å². The SMILES string of the molecule is COc1cc(CCCN)c(F)c2c1CCCC2. The van der Waals surface area contributed by atoms with Crippen LogP contribution in [-0.2, 0) is 19.3 Å². The number of benzene rings is 1. The highest BCUT2D eigenvalue weighted by molar-refractivity contribution is 5.46. The summed E-state index contributed by atoms with van der Waals surface area (Å²) in [5.74, 6) is 0.835. The maximum atomic E-state index is 14.3. The Labute approximate surface area is 102 Å². The summed E-state index contributed by atoms with van der Waals surface area (Å²) in [5.41, 5.74) is 8.19. The summed E-state index contributed by atoms with van der Waals surface area (Å²) in [7, 11) is 1.66. The average molecular weight is 237 g/mol. The second kappa shape index (κ2) is 5.50. The molecule has 0 saturated heterocycles. The molecule has 0 saturated carbocycles. The highest BCUT2D eigenvalue weighted by Crippen LogP contribution is 2.34. The van der Waals surface area contributed by atoms with Crippen LogP contribution < -0.4 is 10.5 Å². The van der Waals surface area contributed by atoms with Gasteiger partial charge in [-0.25, -0.2) is 4.39 Å². The molecule has 17 heavy (non-hydrogen) atoms. The number of nitrogens with two attached hydrogens (primary N) is 1. The van der Waals surface area contributed by atoms with Crippen LogP contribution in [0.4, 0.5) is 4.39 Å². The van der Waals surface area contributed by atoms with Crippen LogP contribution in [0.15, 0.2) is 6.07 Å². The van der Waals surface area contributed by atoms with Crippen LogP contribution >= 0.6 is 0 Å². The van der Waals surface area contributed by atoms with Crippen molar-refractivity contribution in [2.45, 2.75) is 38.5 Å². The molecule has 1 aliphatic rings. The molecule has 0 heterocycles. The molecule has 1 aliphatic carbocycles. The first kappa shape index (κ1) is 12.4. The molecule has 0 aromatic heterocycles. The third-order valence-electron chi connectivity index (χ3n) is 3.49. The van der Waals surface area contributed by atoms with Gasteiger partial charge in [0.2, 0.25) is 0 Å². The summed E-state index contributed by atoms with van der Waals surface area (Å²) in [6.45, 7) is 0.596. The van der Waals surface area contributed by atoms with Crippen LogP contribution in [0.3, 0.4) is 0 Å². The quantitative estimate of drug-likeness (QED) is 0.873. The molecule has 0 bridgehead atoms. The van der Waals surface area contributed by atoms with Crippen molar-refractivity contribution in [3.63, 3.8) is 0 Å². The molecule has 1 aromatic carbocycles. The van der Waals surface area contributed by atoms with Gasteiger partial charge in [-0.05, 0) is 62.3 Å². The minimum absolute atomic E-state index is 0.0195. The lowest BCUT2D eigenvalue weighted by molar-refractivity contribution is 0.402. The fraction of sp³-hybridized carbons (Fsp3) is 0.571. The van der Waals surface area contributed by atoms with E-state index in [9.17, 15) is 4.39 Å². The Bertz CT molecular complexity index is 404. The van der Waals surface area contributed by atoms with Gasteiger partial charge in [0.25, 0.3) is 0 Å². The number of methoxy groups -OCH3 is 1. The number of hydrogen-bond acceptors (Lipinski definition) is 2. The van der Waals surface area contributed by atoms with Crippen LogP contribution in [0, 0.1) is 5.82 Å². The molecule has 0 radical (unpaired) electrons. The number of hydrogen-bond donors (Lipinski definition) is 1. The van der Waals surface area contributed by atoms with Gasteiger partial charge < -0.3 is 10.5 Å². The van der Waals surface area contributed by atoms with Crippen molar-refractivity contribution >= 4 is 0 Å². The second-order valence-corrected chi connectivity index (χ2v) is 4.61. The largest absolute Gasteiger partial charge is 0.496 e. The van der Waals surface area contributed by atoms with Crippen molar-refractivity contribution in [2.24, 2.45) is 5.73 Å². The van der Waals surface area contributed by atoms with Crippen molar-refractivity contribution in [1.29, 1.82) is 0 Å². The van der Waals surface area contributed by atoms with Gasteiger partial charge in [-0.3, -0.25) is 0 Å². The molecule has 1 aromatic rings. The zero-order valence-electron chi connectivity index (χ0n) is 10.4. The van der Waals surface area contributed by atoms with Gasteiger partial charge in [0, 0.05) is 5.56 Å². The van der Waals surface area contributed by atoms with Crippen LogP contribution in [0.2, 0.25) is 0 Å². The van der Waals surface area contributed by atoms with Crippen molar-refractivity contribution in [2.75, 3.05) is 13.7 Å². The smallest absolute Gasteiger partial charge is 0.130 e. The van der Waals surface area contributed by atoms with E-state index in [-0.39, 0.29) is 5.82 Å². The monoisotopic (exact) mass is 237 g/mol. The standard InChI is InChI=1S/C14H20FNO/c1-17-13-9-10(5-4-8-16)14(15)12-7-3-2-6-11(12)13/h9H,2-8,16H2,1H3. The van der Waals surface area contributed by atoms with E-state index >= 15 is 0 Å². The first-order valence-corrected chi connectivity index (χ1v) is 6.35. The van der Waals surface area contributed by atoms with E-state index in [0.717, 1.165) is 54.5 Å². The Morgan fingerprint density at radius 1 is 1.29 bits per heavy atom. The topological polar surface area (TPSA) is 35.2 Å². The van der Waals surface area contributed by atoms with Crippen LogP contribution in [0.1, 0.15) is 36.0 Å². The van der Waals surface area contributed by atoms with Crippen LogP contribution in [-0.4, -0.2) is 13.7 Å². The second-order valence-electron chi connectivity index (χ2n) is 4.61. The minimum Gasteiger partial charge on any atom is -0.496 e. The first-order chi connectivity index (χ1) is 8.27. The molecule has 2 N–H and O–H groups in total. The van der Waals surface area contributed by atoms with E-state index in [4.69, 9.17) is 10.5 Å². The molecule has 0 unspecified atom stereocenters. The molecule has 0 fully saturated rings. The summed E-state index contributed by atoms with van der Waals surface area (Å²) in [6.07, 6.45) is 5.50. The van der Waals surface area contributed by atoms with E-state index in [1.165, 1.54) is 0 Å². The number of halogens is 1. The first-order valence-electron chi connectivity index (χ1n) is 6.35. The molecule has 0 spiro atoms. The number of aryl methyl sites for hydroxylation is 1. The Kier molecular flexibility index (Phi) is 4.00. The van der Waals surface area contributed by atoms with Gasteiger partial charge in [-0.1, -0.05) is 0 Å².